The number of hydrogen-bond acceptors (Lipinski definition) is 4. The van der Waals surface area contributed by atoms with Crippen molar-refractivity contribution in [1.82, 2.24) is 0 Å². The van der Waals surface area contributed by atoms with Crippen LogP contribution in [0.5, 0.6) is 11.5 Å². The number of ether oxygens (including phenoxy) is 2. The molecule has 1 aliphatic carbocycles. The van der Waals surface area contributed by atoms with Crippen LogP contribution in [0.1, 0.15) is 12.8 Å². The Morgan fingerprint density at radius 1 is 1.26 bits per heavy atom. The Bertz CT molecular complexity index is 522. The fourth-order valence-electron chi connectivity index (χ4n) is 1.81. The van der Waals surface area contributed by atoms with E-state index in [0.29, 0.717) is 30.0 Å². The van der Waals surface area contributed by atoms with Crippen molar-refractivity contribution in [3.63, 3.8) is 0 Å². The van der Waals surface area contributed by atoms with E-state index in [1.54, 1.807) is 18.2 Å². The van der Waals surface area contributed by atoms with Crippen molar-refractivity contribution in [2.45, 2.75) is 12.8 Å². The third kappa shape index (κ3) is 2.33. The Hall–Kier alpha value is -2.24. The van der Waals surface area contributed by atoms with Gasteiger partial charge in [-0.25, -0.2) is 0 Å². The molecule has 2 N–H and O–H groups in total. The normalized spacial score (nSPS) is 15.5. The highest BCUT2D eigenvalue weighted by atomic mass is 16.5. The molecule has 1 saturated carbocycles. The summed E-state index contributed by atoms with van der Waals surface area (Å²) in [6.45, 7) is 0. The van der Waals surface area contributed by atoms with Crippen molar-refractivity contribution in [2.75, 3.05) is 19.5 Å². The van der Waals surface area contributed by atoms with Crippen molar-refractivity contribution >= 4 is 17.6 Å². The van der Waals surface area contributed by atoms with Crippen LogP contribution in [0.15, 0.2) is 18.2 Å². The van der Waals surface area contributed by atoms with Gasteiger partial charge in [0.05, 0.1) is 19.9 Å². The molecule has 0 radical (unpaired) electrons. The van der Waals surface area contributed by atoms with Crippen molar-refractivity contribution in [1.29, 1.82) is 0 Å². The zero-order valence-electron chi connectivity index (χ0n) is 10.7. The summed E-state index contributed by atoms with van der Waals surface area (Å²) in [7, 11) is 2.99. The molecule has 1 amide bonds. The van der Waals surface area contributed by atoms with Gasteiger partial charge in [-0.05, 0) is 25.0 Å². The fraction of sp³-hybridized carbons (Fsp3) is 0.385. The minimum absolute atomic E-state index is 0.368. The SMILES string of the molecule is COc1ccc(NC(=O)C2(C(=O)O)CC2)c(OC)c1. The van der Waals surface area contributed by atoms with E-state index in [9.17, 15) is 9.59 Å². The summed E-state index contributed by atoms with van der Waals surface area (Å²) in [5.74, 6) is -0.580. The van der Waals surface area contributed by atoms with E-state index >= 15 is 0 Å². The molecule has 0 bridgehead atoms. The van der Waals surface area contributed by atoms with E-state index in [4.69, 9.17) is 14.6 Å². The van der Waals surface area contributed by atoms with Gasteiger partial charge in [0.1, 0.15) is 16.9 Å². The van der Waals surface area contributed by atoms with Gasteiger partial charge in [0, 0.05) is 6.07 Å². The van der Waals surface area contributed by atoms with Gasteiger partial charge >= 0.3 is 5.97 Å². The average Bonchev–Trinajstić information content (AvgIpc) is 3.20. The summed E-state index contributed by atoms with van der Waals surface area (Å²) in [6, 6.07) is 4.90. The van der Waals surface area contributed by atoms with Crippen LogP contribution in [0.25, 0.3) is 0 Å². The minimum atomic E-state index is -1.27. The van der Waals surface area contributed by atoms with Gasteiger partial charge in [-0.3, -0.25) is 9.59 Å². The van der Waals surface area contributed by atoms with Crippen LogP contribution in [0, 0.1) is 5.41 Å². The van der Waals surface area contributed by atoms with Gasteiger partial charge in [0.25, 0.3) is 0 Å². The van der Waals surface area contributed by atoms with Gasteiger partial charge in [-0.15, -0.1) is 0 Å². The molecule has 0 unspecified atom stereocenters. The number of rotatable bonds is 5. The Balaban J connectivity index is 2.20. The summed E-state index contributed by atoms with van der Waals surface area (Å²) in [5.41, 5.74) is -0.842. The molecule has 0 atom stereocenters. The van der Waals surface area contributed by atoms with E-state index in [1.807, 2.05) is 0 Å². The second-order valence-electron chi connectivity index (χ2n) is 4.41. The quantitative estimate of drug-likeness (QED) is 0.788. The Morgan fingerprint density at radius 3 is 2.42 bits per heavy atom. The zero-order chi connectivity index (χ0) is 14.0. The van der Waals surface area contributed by atoms with Gasteiger partial charge in [-0.2, -0.15) is 0 Å². The number of benzene rings is 1. The highest BCUT2D eigenvalue weighted by Crippen LogP contribution is 2.47. The molecule has 0 spiro atoms. The second kappa shape index (κ2) is 4.79. The summed E-state index contributed by atoms with van der Waals surface area (Å²) in [4.78, 5) is 23.0. The lowest BCUT2D eigenvalue weighted by molar-refractivity contribution is -0.147. The van der Waals surface area contributed by atoms with Crippen LogP contribution in [0.4, 0.5) is 5.69 Å². The fourth-order valence-corrected chi connectivity index (χ4v) is 1.81. The maximum Gasteiger partial charge on any atom is 0.319 e. The largest absolute Gasteiger partial charge is 0.497 e. The van der Waals surface area contributed by atoms with E-state index in [2.05, 4.69) is 5.32 Å². The average molecular weight is 265 g/mol. The first-order chi connectivity index (χ1) is 9.03. The summed E-state index contributed by atoms with van der Waals surface area (Å²) in [5, 5.41) is 11.6. The molecule has 19 heavy (non-hydrogen) atoms. The molecular formula is C13H15NO5. The molecule has 0 saturated heterocycles. The number of carbonyl (C=O) groups excluding carboxylic acids is 1. The van der Waals surface area contributed by atoms with Gasteiger partial charge in [-0.1, -0.05) is 0 Å². The number of methoxy groups -OCH3 is 2. The van der Waals surface area contributed by atoms with Crippen LogP contribution < -0.4 is 14.8 Å². The Labute approximate surface area is 110 Å². The molecule has 1 aromatic rings. The first kappa shape index (κ1) is 13.2. The van der Waals surface area contributed by atoms with Crippen LogP contribution in [0.3, 0.4) is 0 Å². The van der Waals surface area contributed by atoms with Crippen molar-refractivity contribution in [3.8, 4) is 11.5 Å². The number of hydrogen-bond donors (Lipinski definition) is 2. The third-order valence-electron chi connectivity index (χ3n) is 3.25. The molecule has 1 fully saturated rings. The first-order valence-corrected chi connectivity index (χ1v) is 5.80. The molecule has 1 aliphatic rings. The highest BCUT2D eigenvalue weighted by Gasteiger charge is 2.57. The molecular weight excluding hydrogens is 250 g/mol. The molecule has 0 aliphatic heterocycles. The lowest BCUT2D eigenvalue weighted by Gasteiger charge is -2.14. The van der Waals surface area contributed by atoms with Crippen LogP contribution >= 0.6 is 0 Å². The minimum Gasteiger partial charge on any atom is -0.497 e. The summed E-state index contributed by atoms with van der Waals surface area (Å²) < 4.78 is 10.2. The van der Waals surface area contributed by atoms with E-state index in [0.717, 1.165) is 0 Å². The third-order valence-corrected chi connectivity index (χ3v) is 3.25. The molecule has 102 valence electrons. The molecule has 2 rings (SSSR count). The lowest BCUT2D eigenvalue weighted by atomic mass is 10.1. The number of amides is 1. The lowest BCUT2D eigenvalue weighted by Crippen LogP contribution is -2.31. The van der Waals surface area contributed by atoms with Crippen LogP contribution in [-0.4, -0.2) is 31.2 Å². The maximum absolute atomic E-state index is 12.0. The predicted octanol–water partition coefficient (Wildman–Crippen LogP) is 1.51. The Kier molecular flexibility index (Phi) is 3.33. The number of aliphatic carboxylic acids is 1. The van der Waals surface area contributed by atoms with Crippen molar-refractivity contribution in [3.05, 3.63) is 18.2 Å². The second-order valence-corrected chi connectivity index (χ2v) is 4.41. The molecule has 1 aromatic carbocycles. The van der Waals surface area contributed by atoms with Crippen molar-refractivity contribution < 1.29 is 24.2 Å². The monoisotopic (exact) mass is 265 g/mol. The molecule has 6 nitrogen and oxygen atoms in total. The summed E-state index contributed by atoms with van der Waals surface area (Å²) in [6.07, 6.45) is 0.735. The van der Waals surface area contributed by atoms with E-state index in [-0.39, 0.29) is 0 Å². The van der Waals surface area contributed by atoms with E-state index < -0.39 is 17.3 Å². The molecule has 0 aromatic heterocycles. The standard InChI is InChI=1S/C13H15NO5/c1-18-8-3-4-9(10(7-8)19-2)14-11(15)13(5-6-13)12(16)17/h3-4,7H,5-6H2,1-2H3,(H,14,15)(H,16,17). The van der Waals surface area contributed by atoms with Gasteiger partial charge in [0.2, 0.25) is 5.91 Å². The van der Waals surface area contributed by atoms with Gasteiger partial charge < -0.3 is 19.9 Å². The van der Waals surface area contributed by atoms with Crippen LogP contribution in [0.2, 0.25) is 0 Å². The van der Waals surface area contributed by atoms with Gasteiger partial charge in [0.15, 0.2) is 0 Å². The first-order valence-electron chi connectivity index (χ1n) is 5.80. The highest BCUT2D eigenvalue weighted by molar-refractivity contribution is 6.11. The number of anilines is 1. The molecule has 6 heteroatoms. The number of carboxylic acid groups (broad SMARTS) is 1. The maximum atomic E-state index is 12.0. The van der Waals surface area contributed by atoms with E-state index in [1.165, 1.54) is 14.2 Å². The zero-order valence-corrected chi connectivity index (χ0v) is 10.7. The number of carboxylic acids is 1. The van der Waals surface area contributed by atoms with Crippen molar-refractivity contribution in [2.24, 2.45) is 5.41 Å². The number of carbonyl (C=O) groups is 2. The molecule has 0 heterocycles. The smallest absolute Gasteiger partial charge is 0.319 e. The predicted molar refractivity (Wildman–Crippen MR) is 67.5 cm³/mol. The Morgan fingerprint density at radius 2 is 1.95 bits per heavy atom. The number of nitrogens with one attached hydrogen (secondary N) is 1. The topological polar surface area (TPSA) is 84.9 Å². The van der Waals surface area contributed by atoms with Crippen LogP contribution in [-0.2, 0) is 9.59 Å². The summed E-state index contributed by atoms with van der Waals surface area (Å²) >= 11 is 0.